The number of rotatable bonds is 1. The van der Waals surface area contributed by atoms with Crippen LogP contribution < -0.4 is 0 Å². The van der Waals surface area contributed by atoms with Crippen LogP contribution in [0.3, 0.4) is 0 Å². The summed E-state index contributed by atoms with van der Waals surface area (Å²) in [6, 6.07) is 3.67. The highest BCUT2D eigenvalue weighted by molar-refractivity contribution is 9.11. The summed E-state index contributed by atoms with van der Waals surface area (Å²) in [5, 5.41) is 3.22. The molecule has 1 aliphatic rings. The molecule has 0 radical (unpaired) electrons. The molecule has 0 spiro atoms. The van der Waals surface area contributed by atoms with E-state index in [-0.39, 0.29) is 6.04 Å². The van der Waals surface area contributed by atoms with Crippen LogP contribution in [0, 0.1) is 4.91 Å². The Hall–Kier alpha value is -0.0400. The van der Waals surface area contributed by atoms with Crippen LogP contribution >= 0.6 is 54.5 Å². The summed E-state index contributed by atoms with van der Waals surface area (Å²) in [5.41, 5.74) is 2.08. The standard InChI is InChI=1S/C9H3Br2NOS2/c10-5-1-3-7(12-13)4-2-6(11)15-9(4)8(3)14-5/h1-2,7H. The molecule has 0 aromatic carbocycles. The smallest absolute Gasteiger partial charge is 0.145 e. The van der Waals surface area contributed by atoms with Crippen LogP contribution in [0.4, 0.5) is 0 Å². The van der Waals surface area contributed by atoms with Gasteiger partial charge >= 0.3 is 0 Å². The largest absolute Gasteiger partial charge is 0.150 e. The Balaban J connectivity index is 2.32. The minimum Gasteiger partial charge on any atom is -0.150 e. The van der Waals surface area contributed by atoms with E-state index in [1.807, 2.05) is 12.1 Å². The van der Waals surface area contributed by atoms with Crippen molar-refractivity contribution in [1.82, 2.24) is 0 Å². The third-order valence-corrected chi connectivity index (χ3v) is 5.83. The number of hydrogen-bond acceptors (Lipinski definition) is 4. The van der Waals surface area contributed by atoms with Gasteiger partial charge in [-0.05, 0) is 44.0 Å². The molecule has 2 aromatic heterocycles. The lowest BCUT2D eigenvalue weighted by molar-refractivity contribution is 0.896. The fraction of sp³-hybridized carbons (Fsp3) is 0.111. The van der Waals surface area contributed by atoms with Gasteiger partial charge in [-0.2, -0.15) is 0 Å². The van der Waals surface area contributed by atoms with E-state index < -0.39 is 0 Å². The van der Waals surface area contributed by atoms with E-state index in [0.29, 0.717) is 0 Å². The van der Waals surface area contributed by atoms with E-state index in [9.17, 15) is 4.91 Å². The Morgan fingerprint density at radius 1 is 1.07 bits per heavy atom. The van der Waals surface area contributed by atoms with Crippen molar-refractivity contribution in [2.45, 2.75) is 6.04 Å². The summed E-state index contributed by atoms with van der Waals surface area (Å²) in [6.07, 6.45) is 0. The van der Waals surface area contributed by atoms with Crippen LogP contribution in [0.5, 0.6) is 0 Å². The lowest BCUT2D eigenvalue weighted by Gasteiger charge is -1.98. The van der Waals surface area contributed by atoms with Crippen molar-refractivity contribution in [1.29, 1.82) is 0 Å². The number of nitrogens with zero attached hydrogens (tertiary/aromatic N) is 1. The van der Waals surface area contributed by atoms with E-state index in [4.69, 9.17) is 0 Å². The summed E-state index contributed by atoms with van der Waals surface area (Å²) in [6.45, 7) is 0. The van der Waals surface area contributed by atoms with E-state index in [1.54, 1.807) is 22.7 Å². The minimum atomic E-state index is -0.319. The predicted octanol–water partition coefficient (Wildman–Crippen LogP) is 5.17. The summed E-state index contributed by atoms with van der Waals surface area (Å²) >= 11 is 10.2. The minimum absolute atomic E-state index is 0.319. The highest BCUT2D eigenvalue weighted by atomic mass is 79.9. The van der Waals surface area contributed by atoms with E-state index in [1.165, 1.54) is 9.75 Å². The van der Waals surface area contributed by atoms with Crippen molar-refractivity contribution < 1.29 is 0 Å². The van der Waals surface area contributed by atoms with Gasteiger partial charge < -0.3 is 0 Å². The van der Waals surface area contributed by atoms with Crippen LogP contribution in [0.25, 0.3) is 9.75 Å². The van der Waals surface area contributed by atoms with Gasteiger partial charge in [0.1, 0.15) is 6.04 Å². The normalized spacial score (nSPS) is 14.0. The molecule has 0 N–H and O–H groups in total. The first-order valence-electron chi connectivity index (χ1n) is 4.12. The van der Waals surface area contributed by atoms with Gasteiger partial charge in [-0.15, -0.1) is 27.6 Å². The van der Waals surface area contributed by atoms with Gasteiger partial charge in [-0.3, -0.25) is 0 Å². The van der Waals surface area contributed by atoms with Gasteiger partial charge in [-0.25, -0.2) is 0 Å². The molecule has 0 saturated carbocycles. The van der Waals surface area contributed by atoms with Crippen molar-refractivity contribution in [3.05, 3.63) is 35.7 Å². The molecule has 0 fully saturated rings. The molecule has 0 saturated heterocycles. The number of fused-ring (bicyclic) bond motifs is 3. The maximum absolute atomic E-state index is 10.9. The zero-order valence-corrected chi connectivity index (χ0v) is 12.0. The molecule has 2 nitrogen and oxygen atoms in total. The average Bonchev–Trinajstić information content (AvgIpc) is 2.76. The summed E-state index contributed by atoms with van der Waals surface area (Å²) in [7, 11) is 0. The Kier molecular flexibility index (Phi) is 2.35. The summed E-state index contributed by atoms with van der Waals surface area (Å²) in [5.74, 6) is 0. The molecule has 2 aromatic rings. The van der Waals surface area contributed by atoms with Gasteiger partial charge in [-0.1, -0.05) is 5.18 Å². The van der Waals surface area contributed by atoms with Crippen molar-refractivity contribution in [2.75, 3.05) is 0 Å². The Morgan fingerprint density at radius 2 is 1.53 bits per heavy atom. The Labute approximate surface area is 111 Å². The van der Waals surface area contributed by atoms with E-state index >= 15 is 0 Å². The second-order valence-corrected chi connectivity index (χ2v) is 8.04. The number of hydrogen-bond donors (Lipinski definition) is 0. The Bertz CT molecular complexity index is 514. The quantitative estimate of drug-likeness (QED) is 0.641. The molecule has 15 heavy (non-hydrogen) atoms. The molecule has 3 rings (SSSR count). The first-order valence-corrected chi connectivity index (χ1v) is 7.34. The topological polar surface area (TPSA) is 29.4 Å². The molecule has 0 amide bonds. The molecule has 0 aliphatic heterocycles. The molecule has 1 aliphatic carbocycles. The second-order valence-electron chi connectivity index (χ2n) is 3.18. The Morgan fingerprint density at radius 3 is 1.93 bits per heavy atom. The second kappa shape index (κ2) is 3.48. The summed E-state index contributed by atoms with van der Waals surface area (Å²) in [4.78, 5) is 13.2. The molecule has 2 heterocycles. The maximum atomic E-state index is 10.9. The number of thiophene rings is 2. The highest BCUT2D eigenvalue weighted by Gasteiger charge is 2.33. The number of halogens is 2. The van der Waals surface area contributed by atoms with Gasteiger partial charge in [0.2, 0.25) is 0 Å². The fourth-order valence-corrected chi connectivity index (χ4v) is 5.26. The van der Waals surface area contributed by atoms with E-state index in [2.05, 4.69) is 37.0 Å². The third kappa shape index (κ3) is 1.39. The molecule has 6 heteroatoms. The van der Waals surface area contributed by atoms with Gasteiger partial charge in [0.25, 0.3) is 0 Å². The van der Waals surface area contributed by atoms with Crippen molar-refractivity contribution >= 4 is 54.5 Å². The molecule has 0 bridgehead atoms. The van der Waals surface area contributed by atoms with Crippen LogP contribution in [0.15, 0.2) is 24.9 Å². The van der Waals surface area contributed by atoms with Gasteiger partial charge in [0.15, 0.2) is 0 Å². The monoisotopic (exact) mass is 363 g/mol. The van der Waals surface area contributed by atoms with Gasteiger partial charge in [0.05, 0.1) is 17.3 Å². The molecule has 0 atom stereocenters. The SMILES string of the molecule is O=NC1c2cc(Br)sc2-c2sc(Br)cc21. The van der Waals surface area contributed by atoms with Crippen molar-refractivity contribution in [3.63, 3.8) is 0 Å². The lowest BCUT2D eigenvalue weighted by atomic mass is 10.1. The number of nitroso groups, excluding NO2 is 1. The first-order chi connectivity index (χ1) is 7.20. The molecular formula is C9H3Br2NOS2. The van der Waals surface area contributed by atoms with Gasteiger partial charge in [0, 0.05) is 11.1 Å². The molecule has 76 valence electrons. The van der Waals surface area contributed by atoms with Crippen LogP contribution in [0.1, 0.15) is 17.2 Å². The molecular weight excluding hydrogens is 362 g/mol. The lowest BCUT2D eigenvalue weighted by Crippen LogP contribution is -1.87. The summed E-state index contributed by atoms with van der Waals surface area (Å²) < 4.78 is 2.10. The fourth-order valence-electron chi connectivity index (χ4n) is 1.79. The van der Waals surface area contributed by atoms with Crippen LogP contribution in [-0.4, -0.2) is 0 Å². The highest BCUT2D eigenvalue weighted by Crippen LogP contribution is 2.54. The average molecular weight is 365 g/mol. The first kappa shape index (κ1) is 10.1. The molecule has 0 unspecified atom stereocenters. The zero-order chi connectivity index (χ0) is 10.6. The maximum Gasteiger partial charge on any atom is 0.145 e. The zero-order valence-electron chi connectivity index (χ0n) is 7.16. The van der Waals surface area contributed by atoms with Crippen LogP contribution in [-0.2, 0) is 0 Å². The van der Waals surface area contributed by atoms with Crippen molar-refractivity contribution in [2.24, 2.45) is 5.18 Å². The van der Waals surface area contributed by atoms with Crippen LogP contribution in [0.2, 0.25) is 0 Å². The third-order valence-electron chi connectivity index (χ3n) is 2.36. The predicted molar refractivity (Wildman–Crippen MR) is 70.7 cm³/mol. The van der Waals surface area contributed by atoms with E-state index in [0.717, 1.165) is 18.7 Å². The van der Waals surface area contributed by atoms with Crippen molar-refractivity contribution in [3.8, 4) is 9.75 Å².